The lowest BCUT2D eigenvalue weighted by atomic mass is 10.00. The number of benzene rings is 2. The van der Waals surface area contributed by atoms with Gasteiger partial charge < -0.3 is 9.47 Å². The van der Waals surface area contributed by atoms with Crippen LogP contribution in [0.25, 0.3) is 0 Å². The minimum absolute atomic E-state index is 0.153. The van der Waals surface area contributed by atoms with E-state index < -0.39 is 0 Å². The molecule has 7 heteroatoms. The molecule has 1 amide bonds. The number of amides is 1. The zero-order valence-electron chi connectivity index (χ0n) is 19.1. The first-order chi connectivity index (χ1) is 15.6. The van der Waals surface area contributed by atoms with Crippen LogP contribution in [0, 0.1) is 0 Å². The third-order valence-corrected chi connectivity index (χ3v) is 7.00. The zero-order valence-corrected chi connectivity index (χ0v) is 19.9. The molecule has 1 aliphatic heterocycles. The van der Waals surface area contributed by atoms with E-state index in [1.807, 2.05) is 29.2 Å². The highest BCUT2D eigenvalue weighted by Gasteiger charge is 2.24. The maximum atomic E-state index is 13.0. The number of hydrogen-bond acceptors (Lipinski definition) is 5. The molecule has 2 heterocycles. The maximum Gasteiger partial charge on any atom is 0.233 e. The molecule has 168 valence electrons. The van der Waals surface area contributed by atoms with Crippen LogP contribution in [0.3, 0.4) is 0 Å². The van der Waals surface area contributed by atoms with Crippen molar-refractivity contribution in [1.29, 1.82) is 0 Å². The monoisotopic (exact) mass is 449 g/mol. The highest BCUT2D eigenvalue weighted by atomic mass is 32.2. The first kappa shape index (κ1) is 22.6. The van der Waals surface area contributed by atoms with Gasteiger partial charge in [0.1, 0.15) is 0 Å². The molecule has 1 aromatic heterocycles. The predicted molar refractivity (Wildman–Crippen MR) is 129 cm³/mol. The van der Waals surface area contributed by atoms with Gasteiger partial charge in [-0.3, -0.25) is 9.69 Å². The number of carbonyl (C=O) groups excluding carboxylic acids is 1. The highest BCUT2D eigenvalue weighted by molar-refractivity contribution is 7.99. The molecule has 0 unspecified atom stereocenters. The number of nitrogens with zero attached hydrogens (tertiary/aromatic N) is 5. The van der Waals surface area contributed by atoms with Gasteiger partial charge in [-0.2, -0.15) is 0 Å². The quantitative estimate of drug-likeness (QED) is 0.486. The van der Waals surface area contributed by atoms with Crippen molar-refractivity contribution >= 4 is 17.7 Å². The predicted octanol–water partition coefficient (Wildman–Crippen LogP) is 4.02. The molecule has 0 saturated carbocycles. The summed E-state index contributed by atoms with van der Waals surface area (Å²) in [5.41, 5.74) is 3.80. The van der Waals surface area contributed by atoms with Gasteiger partial charge in [-0.15, -0.1) is 10.2 Å². The van der Waals surface area contributed by atoms with Gasteiger partial charge in [0, 0.05) is 13.1 Å². The second kappa shape index (κ2) is 10.3. The van der Waals surface area contributed by atoms with Crippen LogP contribution in [0.5, 0.6) is 0 Å². The Kier molecular flexibility index (Phi) is 7.27. The van der Waals surface area contributed by atoms with Gasteiger partial charge in [0.2, 0.25) is 5.91 Å². The van der Waals surface area contributed by atoms with Crippen LogP contribution in [0.1, 0.15) is 41.9 Å². The van der Waals surface area contributed by atoms with Crippen molar-refractivity contribution < 1.29 is 4.79 Å². The summed E-state index contributed by atoms with van der Waals surface area (Å²) < 4.78 is 2.17. The van der Waals surface area contributed by atoms with E-state index >= 15 is 0 Å². The molecule has 0 radical (unpaired) electrons. The summed E-state index contributed by atoms with van der Waals surface area (Å²) >= 11 is 1.49. The lowest BCUT2D eigenvalue weighted by molar-refractivity contribution is -0.129. The first-order valence-corrected chi connectivity index (χ1v) is 12.2. The average Bonchev–Trinajstić information content (AvgIpc) is 3.20. The molecule has 3 aromatic rings. The molecule has 0 fully saturated rings. The van der Waals surface area contributed by atoms with Gasteiger partial charge in [-0.1, -0.05) is 73.3 Å². The second-order valence-corrected chi connectivity index (χ2v) is 9.37. The van der Waals surface area contributed by atoms with E-state index in [9.17, 15) is 4.79 Å². The molecule has 0 spiro atoms. The average molecular weight is 450 g/mol. The minimum Gasteiger partial charge on any atom is -0.337 e. The van der Waals surface area contributed by atoms with Gasteiger partial charge in [0.05, 0.1) is 18.3 Å². The van der Waals surface area contributed by atoms with Crippen molar-refractivity contribution in [1.82, 2.24) is 24.6 Å². The first-order valence-electron chi connectivity index (χ1n) is 11.2. The van der Waals surface area contributed by atoms with Gasteiger partial charge in [-0.25, -0.2) is 0 Å². The lowest BCUT2D eigenvalue weighted by Gasteiger charge is -2.28. The van der Waals surface area contributed by atoms with E-state index in [1.165, 1.54) is 28.5 Å². The molecule has 1 atom stereocenters. The fourth-order valence-electron chi connectivity index (χ4n) is 4.27. The number of thioether (sulfide) groups is 1. The van der Waals surface area contributed by atoms with E-state index in [2.05, 4.69) is 71.0 Å². The summed E-state index contributed by atoms with van der Waals surface area (Å²) in [7, 11) is 4.14. The highest BCUT2D eigenvalue weighted by Crippen LogP contribution is 2.27. The van der Waals surface area contributed by atoms with E-state index in [0.29, 0.717) is 18.8 Å². The maximum absolute atomic E-state index is 13.0. The van der Waals surface area contributed by atoms with E-state index in [1.54, 1.807) is 0 Å². The van der Waals surface area contributed by atoms with Crippen molar-refractivity contribution in [3.05, 3.63) is 77.1 Å². The molecule has 0 aliphatic carbocycles. The van der Waals surface area contributed by atoms with Crippen molar-refractivity contribution in [3.63, 3.8) is 0 Å². The van der Waals surface area contributed by atoms with Crippen molar-refractivity contribution in [3.8, 4) is 0 Å². The molecule has 6 nitrogen and oxygen atoms in total. The number of rotatable bonds is 8. The second-order valence-electron chi connectivity index (χ2n) is 8.42. The molecule has 0 saturated heterocycles. The third kappa shape index (κ3) is 5.05. The number of aromatic nitrogens is 3. The molecule has 4 rings (SSSR count). The molecule has 0 N–H and O–H groups in total. The van der Waals surface area contributed by atoms with Gasteiger partial charge >= 0.3 is 0 Å². The van der Waals surface area contributed by atoms with Crippen molar-refractivity contribution in [2.24, 2.45) is 0 Å². The number of carbonyl (C=O) groups is 1. The van der Waals surface area contributed by atoms with E-state index in [0.717, 1.165) is 30.4 Å². The Labute approximate surface area is 194 Å². The number of hydrogen-bond donors (Lipinski definition) is 0. The summed E-state index contributed by atoms with van der Waals surface area (Å²) in [5, 5.41) is 9.85. The molecular formula is C25H31N5OS. The molecule has 2 aromatic carbocycles. The third-order valence-electron chi connectivity index (χ3n) is 6.05. The Balaban J connectivity index is 1.50. The molecular weight excluding hydrogens is 418 g/mol. The normalized spacial score (nSPS) is 14.4. The standard InChI is InChI=1S/C25H31N5OS/c1-4-22(28(2)3)24-26-27-25(30(24)16-19-10-6-5-7-11-19)32-18-23(31)29-15-14-20-12-8-9-13-21(20)17-29/h5-13,22H,4,14-18H2,1-3H3/t22-/m1/s1. The van der Waals surface area contributed by atoms with Crippen molar-refractivity contribution in [2.75, 3.05) is 26.4 Å². The zero-order chi connectivity index (χ0) is 22.5. The van der Waals surface area contributed by atoms with Crippen LogP contribution >= 0.6 is 11.8 Å². The molecule has 0 bridgehead atoms. The summed E-state index contributed by atoms with van der Waals surface area (Å²) in [6.07, 6.45) is 1.86. The van der Waals surface area contributed by atoms with E-state index in [-0.39, 0.29) is 11.9 Å². The van der Waals surface area contributed by atoms with Crippen molar-refractivity contribution in [2.45, 2.75) is 44.1 Å². The van der Waals surface area contributed by atoms with Gasteiger partial charge in [0.25, 0.3) is 0 Å². The Morgan fingerprint density at radius 1 is 1.06 bits per heavy atom. The Bertz CT molecular complexity index is 1050. The lowest BCUT2D eigenvalue weighted by Crippen LogP contribution is -2.37. The Morgan fingerprint density at radius 3 is 2.50 bits per heavy atom. The Morgan fingerprint density at radius 2 is 1.78 bits per heavy atom. The molecule has 32 heavy (non-hydrogen) atoms. The van der Waals surface area contributed by atoms with Crippen LogP contribution in [-0.2, 0) is 24.3 Å². The van der Waals surface area contributed by atoms with Gasteiger partial charge in [-0.05, 0) is 43.6 Å². The Hall–Kier alpha value is -2.64. The van der Waals surface area contributed by atoms with E-state index in [4.69, 9.17) is 0 Å². The largest absolute Gasteiger partial charge is 0.337 e. The fraction of sp³-hybridized carbons (Fsp3) is 0.400. The summed E-state index contributed by atoms with van der Waals surface area (Å²) in [4.78, 5) is 17.1. The number of fused-ring (bicyclic) bond motifs is 1. The van der Waals surface area contributed by atoms with Crippen LogP contribution in [0.4, 0.5) is 0 Å². The smallest absolute Gasteiger partial charge is 0.233 e. The fourth-order valence-corrected chi connectivity index (χ4v) is 5.12. The summed E-state index contributed by atoms with van der Waals surface area (Å²) in [6, 6.07) is 18.9. The van der Waals surface area contributed by atoms with Crippen LogP contribution in [0.2, 0.25) is 0 Å². The summed E-state index contributed by atoms with van der Waals surface area (Å²) in [6.45, 7) is 4.32. The SMILES string of the molecule is CC[C@H](c1nnc(SCC(=O)N2CCc3ccccc3C2)n1Cc1ccccc1)N(C)C. The van der Waals surface area contributed by atoms with Crippen LogP contribution in [0.15, 0.2) is 59.8 Å². The van der Waals surface area contributed by atoms with Gasteiger partial charge in [0.15, 0.2) is 11.0 Å². The molecule has 1 aliphatic rings. The van der Waals surface area contributed by atoms with Crippen LogP contribution in [-0.4, -0.2) is 56.9 Å². The topological polar surface area (TPSA) is 54.3 Å². The van der Waals surface area contributed by atoms with Crippen LogP contribution < -0.4 is 0 Å². The summed E-state index contributed by atoms with van der Waals surface area (Å²) in [5.74, 6) is 1.47. The minimum atomic E-state index is 0.153.